The molecule has 0 aliphatic heterocycles. The number of amides is 1. The molecule has 2 heterocycles. The third-order valence-electron chi connectivity index (χ3n) is 3.85. The third kappa shape index (κ3) is 5.20. The summed E-state index contributed by atoms with van der Waals surface area (Å²) in [5.41, 5.74) is 1.72. The molecule has 0 saturated heterocycles. The molecule has 1 N–H and O–H groups in total. The second-order valence-corrected chi connectivity index (χ2v) is 5.74. The van der Waals surface area contributed by atoms with E-state index in [4.69, 9.17) is 0 Å². The molecule has 2 rings (SSSR count). The molecule has 0 aromatic carbocycles. The fourth-order valence-electron chi connectivity index (χ4n) is 2.68. The zero-order valence-electron chi connectivity index (χ0n) is 14.0. The number of carbonyl (C=O) groups excluding carboxylic acids is 1. The highest BCUT2D eigenvalue weighted by Crippen LogP contribution is 2.14. The second kappa shape index (κ2) is 9.08. The molecule has 0 saturated carbocycles. The Morgan fingerprint density at radius 3 is 2.61 bits per heavy atom. The molecule has 0 unspecified atom stereocenters. The Morgan fingerprint density at radius 2 is 1.96 bits per heavy atom. The monoisotopic (exact) mass is 314 g/mol. The SMILES string of the molecule is CCCC(CCC)C(=O)NCCn1ccc(-c2ccccn2)n1. The summed E-state index contributed by atoms with van der Waals surface area (Å²) in [5.74, 6) is 0.317. The Kier molecular flexibility index (Phi) is 6.78. The predicted molar refractivity (Wildman–Crippen MR) is 91.8 cm³/mol. The van der Waals surface area contributed by atoms with Crippen LogP contribution in [0.15, 0.2) is 36.7 Å². The van der Waals surface area contributed by atoms with Gasteiger partial charge in [-0.1, -0.05) is 32.8 Å². The number of hydrogen-bond donors (Lipinski definition) is 1. The summed E-state index contributed by atoms with van der Waals surface area (Å²) >= 11 is 0. The van der Waals surface area contributed by atoms with Crippen molar-refractivity contribution in [3.05, 3.63) is 36.7 Å². The van der Waals surface area contributed by atoms with Gasteiger partial charge >= 0.3 is 0 Å². The van der Waals surface area contributed by atoms with Crippen molar-refractivity contribution in [2.75, 3.05) is 6.54 Å². The Bertz CT molecular complexity index is 588. The smallest absolute Gasteiger partial charge is 0.223 e. The van der Waals surface area contributed by atoms with Crippen LogP contribution in [0.1, 0.15) is 39.5 Å². The van der Waals surface area contributed by atoms with Crippen molar-refractivity contribution < 1.29 is 4.79 Å². The zero-order valence-corrected chi connectivity index (χ0v) is 14.0. The molecule has 2 aromatic heterocycles. The Balaban J connectivity index is 1.82. The van der Waals surface area contributed by atoms with Gasteiger partial charge in [0.1, 0.15) is 5.69 Å². The standard InChI is InChI=1S/C18H26N4O/c1-3-7-15(8-4-2)18(23)20-12-14-22-13-10-17(21-22)16-9-5-6-11-19-16/h5-6,9-11,13,15H,3-4,7-8,12,14H2,1-2H3,(H,20,23). The van der Waals surface area contributed by atoms with Crippen LogP contribution < -0.4 is 5.32 Å². The topological polar surface area (TPSA) is 59.8 Å². The van der Waals surface area contributed by atoms with Crippen LogP contribution in [-0.4, -0.2) is 27.2 Å². The van der Waals surface area contributed by atoms with Gasteiger partial charge in [-0.2, -0.15) is 5.10 Å². The molecule has 0 aliphatic carbocycles. The molecule has 0 spiro atoms. The van der Waals surface area contributed by atoms with E-state index in [1.807, 2.05) is 35.1 Å². The highest BCUT2D eigenvalue weighted by molar-refractivity contribution is 5.78. The number of nitrogens with one attached hydrogen (secondary N) is 1. The van der Waals surface area contributed by atoms with Gasteiger partial charge in [0.15, 0.2) is 0 Å². The van der Waals surface area contributed by atoms with E-state index in [1.54, 1.807) is 6.20 Å². The molecule has 0 bridgehead atoms. The summed E-state index contributed by atoms with van der Waals surface area (Å²) in [6.07, 6.45) is 7.70. The summed E-state index contributed by atoms with van der Waals surface area (Å²) in [7, 11) is 0. The van der Waals surface area contributed by atoms with Crippen LogP contribution >= 0.6 is 0 Å². The second-order valence-electron chi connectivity index (χ2n) is 5.74. The first-order chi connectivity index (χ1) is 11.2. The van der Waals surface area contributed by atoms with Crippen LogP contribution in [0, 0.1) is 5.92 Å². The minimum absolute atomic E-state index is 0.145. The van der Waals surface area contributed by atoms with Crippen molar-refractivity contribution >= 4 is 5.91 Å². The number of nitrogens with zero attached hydrogens (tertiary/aromatic N) is 3. The Hall–Kier alpha value is -2.17. The normalized spacial score (nSPS) is 10.9. The van der Waals surface area contributed by atoms with Gasteiger partial charge in [-0.25, -0.2) is 0 Å². The lowest BCUT2D eigenvalue weighted by atomic mass is 9.97. The highest BCUT2D eigenvalue weighted by atomic mass is 16.1. The van der Waals surface area contributed by atoms with Crippen molar-refractivity contribution in [2.45, 2.75) is 46.1 Å². The minimum atomic E-state index is 0.145. The first-order valence-electron chi connectivity index (χ1n) is 8.47. The van der Waals surface area contributed by atoms with Crippen molar-refractivity contribution in [1.82, 2.24) is 20.1 Å². The molecule has 5 nitrogen and oxygen atoms in total. The maximum Gasteiger partial charge on any atom is 0.223 e. The van der Waals surface area contributed by atoms with Crippen molar-refractivity contribution in [1.29, 1.82) is 0 Å². The molecule has 2 aromatic rings. The van der Waals surface area contributed by atoms with E-state index < -0.39 is 0 Å². The molecule has 5 heteroatoms. The lowest BCUT2D eigenvalue weighted by Gasteiger charge is -2.15. The molecule has 0 atom stereocenters. The summed E-state index contributed by atoms with van der Waals surface area (Å²) < 4.78 is 1.85. The molecular formula is C18H26N4O. The van der Waals surface area contributed by atoms with Crippen LogP contribution in [0.4, 0.5) is 0 Å². The fourth-order valence-corrected chi connectivity index (χ4v) is 2.68. The number of pyridine rings is 1. The van der Waals surface area contributed by atoms with E-state index in [2.05, 4.69) is 29.2 Å². The van der Waals surface area contributed by atoms with Gasteiger partial charge in [-0.05, 0) is 31.0 Å². The molecule has 0 radical (unpaired) electrons. The zero-order chi connectivity index (χ0) is 16.5. The van der Waals surface area contributed by atoms with E-state index in [1.165, 1.54) is 0 Å². The van der Waals surface area contributed by atoms with Crippen molar-refractivity contribution in [3.8, 4) is 11.4 Å². The predicted octanol–water partition coefficient (Wildman–Crippen LogP) is 3.28. The van der Waals surface area contributed by atoms with Gasteiger partial charge in [0.2, 0.25) is 5.91 Å². The quantitative estimate of drug-likeness (QED) is 0.772. The van der Waals surface area contributed by atoms with Crippen LogP contribution in [-0.2, 0) is 11.3 Å². The number of carbonyl (C=O) groups is 1. The molecule has 1 amide bonds. The molecule has 23 heavy (non-hydrogen) atoms. The number of hydrogen-bond acceptors (Lipinski definition) is 3. The van der Waals surface area contributed by atoms with Crippen LogP contribution in [0.5, 0.6) is 0 Å². The van der Waals surface area contributed by atoms with E-state index in [0.29, 0.717) is 13.1 Å². The van der Waals surface area contributed by atoms with Crippen molar-refractivity contribution in [2.24, 2.45) is 5.92 Å². The maximum atomic E-state index is 12.2. The van der Waals surface area contributed by atoms with E-state index >= 15 is 0 Å². The molecule has 124 valence electrons. The number of rotatable bonds is 9. The van der Waals surface area contributed by atoms with Crippen molar-refractivity contribution in [3.63, 3.8) is 0 Å². The summed E-state index contributed by atoms with van der Waals surface area (Å²) in [6.45, 7) is 5.52. The van der Waals surface area contributed by atoms with Crippen LogP contribution in [0.25, 0.3) is 11.4 Å². The fraction of sp³-hybridized carbons (Fsp3) is 0.500. The van der Waals surface area contributed by atoms with Gasteiger partial charge in [-0.3, -0.25) is 14.5 Å². The van der Waals surface area contributed by atoms with Gasteiger partial charge in [0, 0.05) is 24.9 Å². The molecular weight excluding hydrogens is 288 g/mol. The lowest BCUT2D eigenvalue weighted by molar-refractivity contribution is -0.125. The average molecular weight is 314 g/mol. The highest BCUT2D eigenvalue weighted by Gasteiger charge is 2.15. The Labute approximate surface area is 138 Å². The molecule has 0 fully saturated rings. The number of aromatic nitrogens is 3. The van der Waals surface area contributed by atoms with Gasteiger partial charge in [0.05, 0.1) is 12.2 Å². The largest absolute Gasteiger partial charge is 0.354 e. The summed E-state index contributed by atoms with van der Waals surface area (Å²) in [5, 5.41) is 7.53. The van der Waals surface area contributed by atoms with Gasteiger partial charge in [0.25, 0.3) is 0 Å². The average Bonchev–Trinajstić information content (AvgIpc) is 3.04. The van der Waals surface area contributed by atoms with Gasteiger partial charge in [-0.15, -0.1) is 0 Å². The summed E-state index contributed by atoms with van der Waals surface area (Å²) in [4.78, 5) is 16.5. The summed E-state index contributed by atoms with van der Waals surface area (Å²) in [6, 6.07) is 7.72. The maximum absolute atomic E-state index is 12.2. The van der Waals surface area contributed by atoms with E-state index in [9.17, 15) is 4.79 Å². The first-order valence-corrected chi connectivity index (χ1v) is 8.47. The minimum Gasteiger partial charge on any atom is -0.354 e. The van der Waals surface area contributed by atoms with Gasteiger partial charge < -0.3 is 5.32 Å². The first kappa shape index (κ1) is 17.2. The Morgan fingerprint density at radius 1 is 1.17 bits per heavy atom. The van der Waals surface area contributed by atoms with Crippen LogP contribution in [0.3, 0.4) is 0 Å². The van der Waals surface area contributed by atoms with Crippen LogP contribution in [0.2, 0.25) is 0 Å². The van der Waals surface area contributed by atoms with E-state index in [-0.39, 0.29) is 11.8 Å². The third-order valence-corrected chi connectivity index (χ3v) is 3.85. The lowest BCUT2D eigenvalue weighted by Crippen LogP contribution is -2.33. The molecule has 0 aliphatic rings. The van der Waals surface area contributed by atoms with E-state index in [0.717, 1.165) is 37.1 Å².